The second-order valence-corrected chi connectivity index (χ2v) is 18.7. The first-order chi connectivity index (χ1) is 16.2. The van der Waals surface area contributed by atoms with Gasteiger partial charge in [0.2, 0.25) is 0 Å². The summed E-state index contributed by atoms with van der Waals surface area (Å²) in [5.74, 6) is 0. The van der Waals surface area contributed by atoms with Gasteiger partial charge in [0, 0.05) is 0 Å². The molecule has 1 unspecified atom stereocenters. The van der Waals surface area contributed by atoms with Crippen molar-refractivity contribution in [3.05, 3.63) is 121 Å². The average Bonchev–Trinajstić information content (AvgIpc) is 2.88. The van der Waals surface area contributed by atoms with Gasteiger partial charge in [-0.3, -0.25) is 0 Å². The zero-order valence-corrected chi connectivity index (χ0v) is 23.1. The Kier molecular flexibility index (Phi) is 10.0. The molecule has 0 aliphatic rings. The maximum absolute atomic E-state index is 6.79. The van der Waals surface area contributed by atoms with E-state index in [0.717, 1.165) is 19.0 Å². The monoisotopic (exact) mass is 601 g/mol. The van der Waals surface area contributed by atoms with Crippen LogP contribution in [0.3, 0.4) is 0 Å². The van der Waals surface area contributed by atoms with Crippen LogP contribution in [0, 0.1) is 0 Å². The van der Waals surface area contributed by atoms with E-state index in [9.17, 15) is 0 Å². The van der Waals surface area contributed by atoms with Crippen molar-refractivity contribution in [2.45, 2.75) is 17.0 Å². The molecule has 0 fully saturated rings. The minimum atomic E-state index is -1.67. The van der Waals surface area contributed by atoms with Crippen molar-refractivity contribution < 1.29 is 14.7 Å². The quantitative estimate of drug-likeness (QED) is 0.132. The number of hydrogen-bond acceptors (Lipinski definition) is 0. The number of rotatable bonds is 10. The van der Waals surface area contributed by atoms with Crippen molar-refractivity contribution in [1.82, 2.24) is 0 Å². The Balaban J connectivity index is 1.57. The van der Waals surface area contributed by atoms with E-state index < -0.39 is 30.6 Å². The van der Waals surface area contributed by atoms with E-state index in [1.54, 1.807) is 0 Å². The second-order valence-electron chi connectivity index (χ2n) is 7.58. The fraction of sp³-hybridized carbons (Fsp3) is 0.143. The molecule has 0 radical (unpaired) electrons. The normalized spacial score (nSPS) is 12.7. The van der Waals surface area contributed by atoms with Gasteiger partial charge in [0.15, 0.2) is 0 Å². The van der Waals surface area contributed by atoms with Crippen LogP contribution < -0.4 is 21.2 Å². The molecule has 173 valence electrons. The Hall–Kier alpha value is -1.02. The summed E-state index contributed by atoms with van der Waals surface area (Å²) in [5.41, 5.74) is 0. The van der Waals surface area contributed by atoms with Gasteiger partial charge in [-0.05, 0) is 0 Å². The summed E-state index contributed by atoms with van der Waals surface area (Å²) in [4.78, 5) is 0. The van der Waals surface area contributed by atoms with Gasteiger partial charge in [0.25, 0.3) is 0 Å². The van der Waals surface area contributed by atoms with Crippen LogP contribution in [-0.4, -0.2) is 10.3 Å². The van der Waals surface area contributed by atoms with E-state index in [-0.39, 0.29) is 0 Å². The predicted molar refractivity (Wildman–Crippen MR) is 148 cm³/mol. The molecule has 0 saturated heterocycles. The first-order valence-electron chi connectivity index (χ1n) is 10.9. The van der Waals surface area contributed by atoms with E-state index >= 15 is 0 Å². The molecule has 4 aromatic carbocycles. The van der Waals surface area contributed by atoms with Crippen molar-refractivity contribution in [3.63, 3.8) is 0 Å². The van der Waals surface area contributed by atoms with Gasteiger partial charge in [0.05, 0.1) is 0 Å². The maximum atomic E-state index is 6.79. The molecule has 0 N–H and O–H groups in total. The van der Waals surface area contributed by atoms with Crippen molar-refractivity contribution in [2.24, 2.45) is 0 Å². The third-order valence-corrected chi connectivity index (χ3v) is 17.0. The molecule has 0 heterocycles. The topological polar surface area (TPSA) is 0 Å². The van der Waals surface area contributed by atoms with Crippen LogP contribution in [0.2, 0.25) is 0 Å². The Bertz CT molecular complexity index is 1000. The molecule has 0 amide bonds. The summed E-state index contributed by atoms with van der Waals surface area (Å²) < 4.78 is 0.322. The Labute approximate surface area is 214 Å². The van der Waals surface area contributed by atoms with Gasteiger partial charge in [-0.15, -0.1) is 0 Å². The van der Waals surface area contributed by atoms with Gasteiger partial charge in [0.1, 0.15) is 0 Å². The van der Waals surface area contributed by atoms with Crippen molar-refractivity contribution in [1.29, 1.82) is 0 Å². The van der Waals surface area contributed by atoms with E-state index in [2.05, 4.69) is 121 Å². The minimum absolute atomic E-state index is 0.322. The molecule has 0 spiro atoms. The molecule has 0 bridgehead atoms. The van der Waals surface area contributed by atoms with Crippen LogP contribution in [0.25, 0.3) is 0 Å². The Morgan fingerprint density at radius 2 is 0.909 bits per heavy atom. The molecule has 0 saturated carbocycles. The average molecular weight is 603 g/mol. The molecule has 33 heavy (non-hydrogen) atoms. The van der Waals surface area contributed by atoms with Gasteiger partial charge in [-0.1, -0.05) is 0 Å². The Morgan fingerprint density at radius 3 is 1.27 bits per heavy atom. The summed E-state index contributed by atoms with van der Waals surface area (Å²) in [7, 11) is 12.6. The van der Waals surface area contributed by atoms with Crippen molar-refractivity contribution in [3.8, 4) is 0 Å². The van der Waals surface area contributed by atoms with Crippen molar-refractivity contribution >= 4 is 56.1 Å². The van der Waals surface area contributed by atoms with E-state index in [1.807, 2.05) is 0 Å². The first-order valence-corrected chi connectivity index (χ1v) is 18.8. The number of hydrogen-bond donors (Lipinski definition) is 0. The molecule has 0 aliphatic carbocycles. The zero-order chi connectivity index (χ0) is 22.9. The van der Waals surface area contributed by atoms with Gasteiger partial charge >= 0.3 is 215 Å². The summed E-state index contributed by atoms with van der Waals surface area (Å²) in [6, 6.07) is 43.6. The summed E-state index contributed by atoms with van der Waals surface area (Å²) >= 11 is -1.67. The van der Waals surface area contributed by atoms with Crippen molar-refractivity contribution in [2.75, 3.05) is 6.16 Å². The van der Waals surface area contributed by atoms with Crippen LogP contribution in [-0.2, 0) is 14.7 Å². The molecule has 4 rings (SSSR count). The number of benzene rings is 4. The van der Waals surface area contributed by atoms with Gasteiger partial charge < -0.3 is 0 Å². The van der Waals surface area contributed by atoms with E-state index in [4.69, 9.17) is 19.1 Å². The van der Waals surface area contributed by atoms with Gasteiger partial charge in [-0.2, -0.15) is 0 Å². The predicted octanol–water partition coefficient (Wildman–Crippen LogP) is 7.28. The van der Waals surface area contributed by atoms with Crippen LogP contribution in [0.15, 0.2) is 121 Å². The standard InChI is InChI=1S/C28H27P2.2ClH.Pd/c1-5-15-25(16-6-1)29(26-17-7-2-8-18-26)23-13-14-24-30(27-19-9-3-10-20-27)28-21-11-4-12-22-28;;;/h1-12,15-23H,13-14,24H2;2*1H;/q;;;+2/p-2. The third kappa shape index (κ3) is 7.00. The van der Waals surface area contributed by atoms with E-state index in [1.165, 1.54) is 21.2 Å². The second kappa shape index (κ2) is 13.2. The molecule has 0 aliphatic heterocycles. The summed E-state index contributed by atoms with van der Waals surface area (Å²) in [6.45, 7) is 0. The number of halogens is 2. The molecule has 5 heteroatoms. The zero-order valence-electron chi connectivity index (χ0n) is 18.2. The van der Waals surface area contributed by atoms with Gasteiger partial charge in [-0.25, -0.2) is 0 Å². The third-order valence-electron chi connectivity index (χ3n) is 5.43. The Morgan fingerprint density at radius 1 is 0.545 bits per heavy atom. The molecule has 0 aromatic heterocycles. The van der Waals surface area contributed by atoms with Crippen LogP contribution in [0.5, 0.6) is 0 Å². The molecular weight excluding hydrogens is 576 g/mol. The van der Waals surface area contributed by atoms with Crippen LogP contribution in [0.4, 0.5) is 0 Å². The molecule has 1 atom stereocenters. The van der Waals surface area contributed by atoms with Crippen LogP contribution in [0.1, 0.15) is 12.8 Å². The fourth-order valence-corrected chi connectivity index (χ4v) is 14.7. The van der Waals surface area contributed by atoms with Crippen LogP contribution >= 0.6 is 34.9 Å². The van der Waals surface area contributed by atoms with E-state index in [0.29, 0.717) is 4.13 Å². The molecular formula is C28H27Cl2P2Pd. The summed E-state index contributed by atoms with van der Waals surface area (Å²) in [6.07, 6.45) is 3.33. The SMILES string of the molecule is [Cl][Pd]([Cl])[CH](CCCP(c1ccccc1)c1ccccc1)P(c1ccccc1)c1ccccc1. The summed E-state index contributed by atoms with van der Waals surface area (Å²) in [5, 5.41) is 5.61. The molecule has 0 nitrogen and oxygen atoms in total. The molecule has 4 aromatic rings. The fourth-order valence-electron chi connectivity index (χ4n) is 3.92. The first kappa shape index (κ1) is 25.1.